The molecule has 0 aliphatic rings. The molecule has 2 heterocycles. The van der Waals surface area contributed by atoms with Crippen molar-refractivity contribution in [3.63, 3.8) is 0 Å². The Kier molecular flexibility index (Phi) is 3.46. The Labute approximate surface area is 120 Å². The lowest BCUT2D eigenvalue weighted by molar-refractivity contribution is -0.380. The molecule has 0 saturated carbocycles. The van der Waals surface area contributed by atoms with Gasteiger partial charge in [0.2, 0.25) is 0 Å². The van der Waals surface area contributed by atoms with Crippen LogP contribution in [0, 0.1) is 0 Å². The Hall–Kier alpha value is -2.96. The van der Waals surface area contributed by atoms with E-state index >= 15 is 0 Å². The van der Waals surface area contributed by atoms with Gasteiger partial charge in [-0.15, -0.1) is 0 Å². The van der Waals surface area contributed by atoms with E-state index in [-0.39, 0.29) is 5.91 Å². The van der Waals surface area contributed by atoms with Crippen LogP contribution in [0.3, 0.4) is 0 Å². The van der Waals surface area contributed by atoms with Crippen LogP contribution in [0.5, 0.6) is 5.88 Å². The third-order valence-corrected chi connectivity index (χ3v) is 2.82. The van der Waals surface area contributed by atoms with E-state index in [4.69, 9.17) is 4.74 Å². The molecule has 0 bridgehead atoms. The number of rotatable bonds is 4. The van der Waals surface area contributed by atoms with Gasteiger partial charge in [0.1, 0.15) is 6.61 Å². The van der Waals surface area contributed by atoms with Gasteiger partial charge in [-0.2, -0.15) is 0 Å². The van der Waals surface area contributed by atoms with Crippen LogP contribution in [0.15, 0.2) is 36.7 Å². The van der Waals surface area contributed by atoms with Crippen LogP contribution < -0.4 is 15.0 Å². The number of benzene rings is 1. The van der Waals surface area contributed by atoms with Gasteiger partial charge < -0.3 is 9.72 Å². The highest BCUT2D eigenvalue weighted by Crippen LogP contribution is 2.18. The maximum Gasteiger partial charge on any atom is 0.401 e. The van der Waals surface area contributed by atoms with Gasteiger partial charge in [0.25, 0.3) is 17.4 Å². The molecule has 0 saturated heterocycles. The van der Waals surface area contributed by atoms with Crippen LogP contribution in [0.25, 0.3) is 11.2 Å². The number of fused-ring (bicyclic) bond motifs is 1. The molecule has 0 aliphatic heterocycles. The quantitative estimate of drug-likeness (QED) is 0.755. The molecule has 2 aromatic heterocycles. The van der Waals surface area contributed by atoms with Gasteiger partial charge >= 0.3 is 5.95 Å². The number of carbonyl (C=O) groups is 1. The Balaban J connectivity index is 1.89. The average molecular weight is 284 g/mol. The third kappa shape index (κ3) is 2.97. The van der Waals surface area contributed by atoms with Gasteiger partial charge in [0, 0.05) is 6.92 Å². The molecule has 7 nitrogen and oxygen atoms in total. The summed E-state index contributed by atoms with van der Waals surface area (Å²) in [5, 5.41) is 2.59. The lowest BCUT2D eigenvalue weighted by atomic mass is 10.2. The number of nitrogens with zero attached hydrogens (tertiary/aromatic N) is 2. The summed E-state index contributed by atoms with van der Waals surface area (Å²) in [4.78, 5) is 25.3. The second-order valence-corrected chi connectivity index (χ2v) is 4.47. The number of aromatic nitrogens is 4. The molecule has 1 aromatic carbocycles. The molecule has 0 fully saturated rings. The molecule has 0 aliphatic carbocycles. The molecule has 3 N–H and O–H groups in total. The molecule has 0 spiro atoms. The number of carbonyl (C=O) groups excluding carboxylic acids is 1. The maximum absolute atomic E-state index is 11.1. The van der Waals surface area contributed by atoms with Crippen LogP contribution in [0.4, 0.5) is 5.95 Å². The minimum absolute atomic E-state index is 0.220. The summed E-state index contributed by atoms with van der Waals surface area (Å²) < 4.78 is 5.77. The normalized spacial score (nSPS) is 10.5. The van der Waals surface area contributed by atoms with E-state index in [1.165, 1.54) is 13.3 Å². The van der Waals surface area contributed by atoms with Crippen molar-refractivity contribution in [2.24, 2.45) is 0 Å². The zero-order valence-electron chi connectivity index (χ0n) is 11.4. The number of anilines is 1. The summed E-state index contributed by atoms with van der Waals surface area (Å²) >= 11 is 0. The van der Waals surface area contributed by atoms with Crippen LogP contribution >= 0.6 is 0 Å². The summed E-state index contributed by atoms with van der Waals surface area (Å²) in [5.74, 6) is 0.554. The summed E-state index contributed by atoms with van der Waals surface area (Å²) in [6.07, 6.45) is 1.53. The van der Waals surface area contributed by atoms with Gasteiger partial charge in [0.15, 0.2) is 5.52 Å². The molecule has 0 atom stereocenters. The molecule has 0 unspecified atom stereocenters. The summed E-state index contributed by atoms with van der Waals surface area (Å²) in [5.41, 5.74) is 2.16. The number of imidazole rings is 1. The summed E-state index contributed by atoms with van der Waals surface area (Å²) in [6, 6.07) is 9.79. The van der Waals surface area contributed by atoms with Crippen molar-refractivity contribution < 1.29 is 14.5 Å². The van der Waals surface area contributed by atoms with E-state index in [0.717, 1.165) is 5.56 Å². The minimum Gasteiger partial charge on any atom is -0.461 e. The molecule has 3 aromatic rings. The highest BCUT2D eigenvalue weighted by atomic mass is 16.5. The van der Waals surface area contributed by atoms with Gasteiger partial charge in [-0.05, 0) is 10.5 Å². The molecular weight excluding hydrogens is 270 g/mol. The van der Waals surface area contributed by atoms with Crippen molar-refractivity contribution in [2.75, 3.05) is 5.32 Å². The van der Waals surface area contributed by atoms with Crippen molar-refractivity contribution in [1.82, 2.24) is 15.0 Å². The van der Waals surface area contributed by atoms with Crippen LogP contribution in [-0.4, -0.2) is 20.9 Å². The van der Waals surface area contributed by atoms with Crippen molar-refractivity contribution in [3.8, 4) is 5.88 Å². The van der Waals surface area contributed by atoms with Gasteiger partial charge in [0.05, 0.1) is 6.33 Å². The lowest BCUT2D eigenvalue weighted by Gasteiger charge is -2.05. The Morgan fingerprint density at radius 1 is 1.38 bits per heavy atom. The fraction of sp³-hybridized carbons (Fsp3) is 0.143. The number of ether oxygens (including phenoxy) is 1. The zero-order chi connectivity index (χ0) is 14.7. The van der Waals surface area contributed by atoms with E-state index < -0.39 is 0 Å². The number of aromatic amines is 2. The second-order valence-electron chi connectivity index (χ2n) is 4.47. The first-order valence-corrected chi connectivity index (χ1v) is 6.43. The topological polar surface area (TPSA) is 94.0 Å². The van der Waals surface area contributed by atoms with E-state index in [1.807, 2.05) is 30.3 Å². The third-order valence-electron chi connectivity index (χ3n) is 2.82. The van der Waals surface area contributed by atoms with Gasteiger partial charge in [-0.1, -0.05) is 30.3 Å². The zero-order valence-corrected chi connectivity index (χ0v) is 11.4. The van der Waals surface area contributed by atoms with E-state index in [2.05, 4.69) is 25.3 Å². The number of nitrogens with one attached hydrogen (secondary N) is 3. The lowest BCUT2D eigenvalue weighted by Crippen LogP contribution is -2.21. The van der Waals surface area contributed by atoms with E-state index in [0.29, 0.717) is 29.6 Å². The van der Waals surface area contributed by atoms with Crippen LogP contribution in [0.1, 0.15) is 12.5 Å². The first kappa shape index (κ1) is 13.0. The minimum atomic E-state index is -0.220. The maximum atomic E-state index is 11.1. The highest BCUT2D eigenvalue weighted by Gasteiger charge is 2.18. The second kappa shape index (κ2) is 5.58. The van der Waals surface area contributed by atoms with E-state index in [9.17, 15) is 4.79 Å². The van der Waals surface area contributed by atoms with Gasteiger partial charge in [-0.3, -0.25) is 4.79 Å². The molecule has 7 heteroatoms. The largest absolute Gasteiger partial charge is 0.461 e. The Morgan fingerprint density at radius 3 is 2.95 bits per heavy atom. The van der Waals surface area contributed by atoms with E-state index in [1.54, 1.807) is 0 Å². The smallest absolute Gasteiger partial charge is 0.401 e. The SMILES string of the molecule is CC(=O)Nc1nc2nc[nH]c2c(OCc2ccccc2)[nH+]1. The highest BCUT2D eigenvalue weighted by molar-refractivity contribution is 5.87. The van der Waals surface area contributed by atoms with Crippen molar-refractivity contribution in [3.05, 3.63) is 42.2 Å². The Morgan fingerprint density at radius 2 is 2.19 bits per heavy atom. The number of amides is 1. The molecule has 3 rings (SSSR count). The Bertz CT molecular complexity index is 769. The van der Waals surface area contributed by atoms with Crippen LogP contribution in [-0.2, 0) is 11.4 Å². The molecule has 0 radical (unpaired) electrons. The van der Waals surface area contributed by atoms with Crippen LogP contribution in [0.2, 0.25) is 0 Å². The number of hydrogen-bond donors (Lipinski definition) is 2. The predicted octanol–water partition coefficient (Wildman–Crippen LogP) is 1.31. The molecule has 21 heavy (non-hydrogen) atoms. The van der Waals surface area contributed by atoms with Crippen molar-refractivity contribution in [1.29, 1.82) is 0 Å². The first-order valence-electron chi connectivity index (χ1n) is 6.43. The first-order chi connectivity index (χ1) is 10.2. The summed E-state index contributed by atoms with van der Waals surface area (Å²) in [7, 11) is 0. The summed E-state index contributed by atoms with van der Waals surface area (Å²) in [6.45, 7) is 1.81. The fourth-order valence-electron chi connectivity index (χ4n) is 1.91. The fourth-order valence-corrected chi connectivity index (χ4v) is 1.91. The molecular formula is C14H14N5O2+. The predicted molar refractivity (Wildman–Crippen MR) is 75.5 cm³/mol. The molecule has 106 valence electrons. The average Bonchev–Trinajstić information content (AvgIpc) is 2.93. The van der Waals surface area contributed by atoms with Gasteiger partial charge in [-0.25, -0.2) is 15.3 Å². The van der Waals surface area contributed by atoms with Crippen molar-refractivity contribution in [2.45, 2.75) is 13.5 Å². The number of hydrogen-bond acceptors (Lipinski definition) is 4. The number of H-pyrrole nitrogens is 2. The standard InChI is InChI=1S/C14H13N5O2/c1-9(20)17-14-18-12-11(15-8-16-12)13(19-14)21-7-10-5-3-2-4-6-10/h2-6,8H,7H2,1H3,(H2,15,16,17,18,19,20)/p+1. The molecule has 1 amide bonds. The monoisotopic (exact) mass is 284 g/mol. The van der Waals surface area contributed by atoms with Crippen molar-refractivity contribution >= 4 is 23.0 Å².